The highest BCUT2D eigenvalue weighted by Gasteiger charge is 2.11. The summed E-state index contributed by atoms with van der Waals surface area (Å²) in [5.74, 6) is 0.762. The molecule has 1 aromatic heterocycles. The lowest BCUT2D eigenvalue weighted by Crippen LogP contribution is -2.10. The average molecular weight is 251 g/mol. The van der Waals surface area contributed by atoms with Gasteiger partial charge in [-0.15, -0.1) is 0 Å². The molecular weight excluding hydrogens is 238 g/mol. The van der Waals surface area contributed by atoms with Gasteiger partial charge in [0.2, 0.25) is 0 Å². The van der Waals surface area contributed by atoms with Crippen LogP contribution in [0.4, 0.5) is 0 Å². The van der Waals surface area contributed by atoms with E-state index in [-0.39, 0.29) is 5.91 Å². The van der Waals surface area contributed by atoms with Gasteiger partial charge in [-0.2, -0.15) is 0 Å². The van der Waals surface area contributed by atoms with Crippen molar-refractivity contribution < 1.29 is 9.53 Å². The number of methoxy groups -OCH3 is 1. The molecule has 0 amide bonds. The summed E-state index contributed by atoms with van der Waals surface area (Å²) in [5, 5.41) is 0.989. The largest absolute Gasteiger partial charge is 0.497 e. The monoisotopic (exact) mass is 251 g/mol. The predicted octanol–water partition coefficient (Wildman–Crippen LogP) is 3.34. The van der Waals surface area contributed by atoms with Crippen LogP contribution >= 0.6 is 0 Å². The lowest BCUT2D eigenvalue weighted by molar-refractivity contribution is 0.0965. The summed E-state index contributed by atoms with van der Waals surface area (Å²) in [6, 6.07) is 16.9. The summed E-state index contributed by atoms with van der Waals surface area (Å²) in [7, 11) is 1.63. The Hall–Kier alpha value is -2.55. The maximum absolute atomic E-state index is 12.4. The molecule has 0 unspecified atom stereocenters. The van der Waals surface area contributed by atoms with E-state index in [0.717, 1.165) is 16.7 Å². The first-order valence-electron chi connectivity index (χ1n) is 6.04. The normalized spacial score (nSPS) is 10.6. The summed E-state index contributed by atoms with van der Waals surface area (Å²) in [5.41, 5.74) is 1.56. The van der Waals surface area contributed by atoms with Crippen LogP contribution in [0.15, 0.2) is 60.8 Å². The predicted molar refractivity (Wildman–Crippen MR) is 74.7 cm³/mol. The number of benzene rings is 2. The van der Waals surface area contributed by atoms with E-state index in [1.807, 2.05) is 54.6 Å². The molecule has 19 heavy (non-hydrogen) atoms. The van der Waals surface area contributed by atoms with Gasteiger partial charge in [0.05, 0.1) is 12.6 Å². The lowest BCUT2D eigenvalue weighted by Gasteiger charge is -2.05. The molecule has 0 radical (unpaired) electrons. The first-order valence-corrected chi connectivity index (χ1v) is 6.04. The Bertz CT molecular complexity index is 729. The second kappa shape index (κ2) is 4.61. The van der Waals surface area contributed by atoms with Crippen LogP contribution in [0.25, 0.3) is 10.9 Å². The van der Waals surface area contributed by atoms with Gasteiger partial charge in [-0.05, 0) is 36.4 Å². The van der Waals surface area contributed by atoms with E-state index >= 15 is 0 Å². The van der Waals surface area contributed by atoms with E-state index in [1.165, 1.54) is 0 Å². The van der Waals surface area contributed by atoms with Crippen LogP contribution in [0.3, 0.4) is 0 Å². The third kappa shape index (κ3) is 1.99. The van der Waals surface area contributed by atoms with Crippen molar-refractivity contribution in [1.82, 2.24) is 4.57 Å². The van der Waals surface area contributed by atoms with Crippen LogP contribution in [-0.4, -0.2) is 17.6 Å². The molecular formula is C16H13NO2. The molecule has 2 aromatic carbocycles. The summed E-state index contributed by atoms with van der Waals surface area (Å²) in [6.07, 6.45) is 1.79. The fraction of sp³-hybridized carbons (Fsp3) is 0.0625. The molecule has 0 N–H and O–H groups in total. The van der Waals surface area contributed by atoms with Gasteiger partial charge >= 0.3 is 0 Å². The Balaban J connectivity index is 2.09. The molecule has 94 valence electrons. The second-order valence-corrected chi connectivity index (χ2v) is 4.28. The number of hydrogen-bond acceptors (Lipinski definition) is 2. The van der Waals surface area contributed by atoms with Gasteiger partial charge in [-0.1, -0.05) is 18.2 Å². The van der Waals surface area contributed by atoms with Crippen molar-refractivity contribution in [3.63, 3.8) is 0 Å². The van der Waals surface area contributed by atoms with Crippen molar-refractivity contribution in [2.75, 3.05) is 7.11 Å². The van der Waals surface area contributed by atoms with Crippen molar-refractivity contribution in [2.45, 2.75) is 0 Å². The van der Waals surface area contributed by atoms with E-state index in [0.29, 0.717) is 5.56 Å². The second-order valence-electron chi connectivity index (χ2n) is 4.28. The van der Waals surface area contributed by atoms with Gasteiger partial charge in [0.25, 0.3) is 5.91 Å². The van der Waals surface area contributed by atoms with Gasteiger partial charge in [0.1, 0.15) is 5.75 Å². The fourth-order valence-corrected chi connectivity index (χ4v) is 2.14. The van der Waals surface area contributed by atoms with Crippen molar-refractivity contribution in [2.24, 2.45) is 0 Å². The highest BCUT2D eigenvalue weighted by Crippen LogP contribution is 2.22. The third-order valence-corrected chi connectivity index (χ3v) is 3.14. The van der Waals surface area contributed by atoms with Gasteiger partial charge in [-0.3, -0.25) is 9.36 Å². The van der Waals surface area contributed by atoms with Crippen LogP contribution in [0.1, 0.15) is 10.4 Å². The van der Waals surface area contributed by atoms with E-state index in [4.69, 9.17) is 4.74 Å². The van der Waals surface area contributed by atoms with Crippen LogP contribution in [0.2, 0.25) is 0 Å². The van der Waals surface area contributed by atoms with Crippen LogP contribution < -0.4 is 4.74 Å². The number of nitrogens with zero attached hydrogens (tertiary/aromatic N) is 1. The SMILES string of the molecule is COc1ccc2c(ccn2C(=O)c2ccccc2)c1. The molecule has 0 atom stereocenters. The van der Waals surface area contributed by atoms with Gasteiger partial charge in [-0.25, -0.2) is 0 Å². The number of rotatable bonds is 2. The number of fused-ring (bicyclic) bond motifs is 1. The van der Waals surface area contributed by atoms with Crippen LogP contribution in [0.5, 0.6) is 5.75 Å². The number of carbonyl (C=O) groups excluding carboxylic acids is 1. The smallest absolute Gasteiger partial charge is 0.262 e. The van der Waals surface area contributed by atoms with Crippen molar-refractivity contribution in [3.8, 4) is 5.75 Å². The molecule has 0 aliphatic carbocycles. The molecule has 0 bridgehead atoms. The Morgan fingerprint density at radius 3 is 2.58 bits per heavy atom. The van der Waals surface area contributed by atoms with Gasteiger partial charge in [0, 0.05) is 17.1 Å². The number of carbonyl (C=O) groups is 1. The zero-order valence-electron chi connectivity index (χ0n) is 10.5. The third-order valence-electron chi connectivity index (χ3n) is 3.14. The summed E-state index contributed by atoms with van der Waals surface area (Å²) >= 11 is 0. The summed E-state index contributed by atoms with van der Waals surface area (Å²) < 4.78 is 6.84. The molecule has 0 aliphatic heterocycles. The Kier molecular flexibility index (Phi) is 2.80. The Morgan fingerprint density at radius 2 is 1.84 bits per heavy atom. The van der Waals surface area contributed by atoms with E-state index in [9.17, 15) is 4.79 Å². The summed E-state index contributed by atoms with van der Waals surface area (Å²) in [6.45, 7) is 0. The highest BCUT2D eigenvalue weighted by molar-refractivity contribution is 6.02. The molecule has 3 nitrogen and oxygen atoms in total. The van der Waals surface area contributed by atoms with Crippen molar-refractivity contribution >= 4 is 16.8 Å². The topological polar surface area (TPSA) is 31.2 Å². The Morgan fingerprint density at radius 1 is 1.05 bits per heavy atom. The maximum Gasteiger partial charge on any atom is 0.262 e. The molecule has 0 fully saturated rings. The number of aromatic nitrogens is 1. The van der Waals surface area contributed by atoms with Crippen LogP contribution in [0, 0.1) is 0 Å². The Labute approximate surface area is 111 Å². The summed E-state index contributed by atoms with van der Waals surface area (Å²) in [4.78, 5) is 12.4. The zero-order valence-corrected chi connectivity index (χ0v) is 10.5. The van der Waals surface area contributed by atoms with Gasteiger partial charge < -0.3 is 4.74 Å². The molecule has 1 heterocycles. The number of ether oxygens (including phenoxy) is 1. The molecule has 0 saturated carbocycles. The number of hydrogen-bond donors (Lipinski definition) is 0. The standard InChI is InChI=1S/C16H13NO2/c1-19-14-7-8-15-13(11-14)9-10-17(15)16(18)12-5-3-2-4-6-12/h2-11H,1H3. The molecule has 3 heteroatoms. The quantitative estimate of drug-likeness (QED) is 0.699. The van der Waals surface area contributed by atoms with E-state index < -0.39 is 0 Å². The molecule has 0 aliphatic rings. The average Bonchev–Trinajstić information content (AvgIpc) is 2.90. The molecule has 3 rings (SSSR count). The molecule has 0 saturated heterocycles. The zero-order chi connectivity index (χ0) is 13.2. The first-order chi connectivity index (χ1) is 9.29. The highest BCUT2D eigenvalue weighted by atomic mass is 16.5. The van der Waals surface area contributed by atoms with Crippen molar-refractivity contribution in [1.29, 1.82) is 0 Å². The van der Waals surface area contributed by atoms with Crippen LogP contribution in [-0.2, 0) is 0 Å². The van der Waals surface area contributed by atoms with Gasteiger partial charge in [0.15, 0.2) is 0 Å². The molecule has 3 aromatic rings. The van der Waals surface area contributed by atoms with E-state index in [1.54, 1.807) is 17.9 Å². The first kappa shape index (κ1) is 11.5. The van der Waals surface area contributed by atoms with Crippen molar-refractivity contribution in [3.05, 3.63) is 66.4 Å². The minimum absolute atomic E-state index is 0.0271. The lowest BCUT2D eigenvalue weighted by atomic mass is 10.2. The molecule has 0 spiro atoms. The van der Waals surface area contributed by atoms with E-state index in [2.05, 4.69) is 0 Å². The maximum atomic E-state index is 12.4. The minimum Gasteiger partial charge on any atom is -0.497 e. The minimum atomic E-state index is -0.0271. The fourth-order valence-electron chi connectivity index (χ4n) is 2.14.